The smallest absolute Gasteiger partial charge is 0.340 e. The van der Waals surface area contributed by atoms with Crippen LogP contribution in [0.4, 0.5) is 0 Å². The summed E-state index contributed by atoms with van der Waals surface area (Å²) in [5.41, 5.74) is -10.6. The van der Waals surface area contributed by atoms with Gasteiger partial charge >= 0.3 is 47.8 Å². The van der Waals surface area contributed by atoms with Crippen LogP contribution >= 0.6 is 0 Å². The number of esters is 8. The fourth-order valence-corrected chi connectivity index (χ4v) is 9.74. The molecular weight excluding hydrogens is 820 g/mol. The number of cyclic esters (lactones) is 1. The van der Waals surface area contributed by atoms with Crippen LogP contribution in [0, 0.1) is 17.3 Å². The van der Waals surface area contributed by atoms with Crippen LogP contribution in [-0.4, -0.2) is 129 Å². The lowest BCUT2D eigenvalue weighted by Crippen LogP contribution is -2.89. The van der Waals surface area contributed by atoms with E-state index in [4.69, 9.17) is 42.6 Å². The maximum absolute atomic E-state index is 14.6. The Morgan fingerprint density at radius 1 is 0.774 bits per heavy atom. The Balaban J connectivity index is 1.81. The van der Waals surface area contributed by atoms with E-state index >= 15 is 0 Å². The third kappa shape index (κ3) is 7.41. The molecule has 20 nitrogen and oxygen atoms in total. The summed E-state index contributed by atoms with van der Waals surface area (Å²) in [6.45, 7) is 8.60. The highest BCUT2D eigenvalue weighted by molar-refractivity contribution is 5.91. The van der Waals surface area contributed by atoms with E-state index in [1.807, 2.05) is 0 Å². The molecule has 4 aliphatic rings. The Kier molecular flexibility index (Phi) is 12.2. The molecule has 20 heteroatoms. The van der Waals surface area contributed by atoms with Crippen molar-refractivity contribution in [3.63, 3.8) is 0 Å². The molecule has 2 aromatic rings. The Morgan fingerprint density at radius 3 is 1.97 bits per heavy atom. The Labute approximate surface area is 355 Å². The Bertz CT molecular complexity index is 2160. The van der Waals surface area contributed by atoms with Gasteiger partial charge in [0.1, 0.15) is 42.0 Å². The number of fused-ring (bicyclic) bond motifs is 5. The molecule has 4 heterocycles. The van der Waals surface area contributed by atoms with E-state index in [0.717, 1.165) is 47.7 Å². The van der Waals surface area contributed by atoms with Crippen molar-refractivity contribution in [2.45, 2.75) is 122 Å². The van der Waals surface area contributed by atoms with Crippen molar-refractivity contribution < 1.29 is 86.1 Å². The average Bonchev–Trinajstić information content (AvgIpc) is 3.42. The monoisotopic (exact) mass is 868 g/mol. The molecule has 3 fully saturated rings. The second-order valence-corrected chi connectivity index (χ2v) is 16.4. The zero-order valence-electron chi connectivity index (χ0n) is 35.4. The van der Waals surface area contributed by atoms with Gasteiger partial charge in [-0.1, -0.05) is 13.8 Å². The maximum atomic E-state index is 14.6. The topological polar surface area (TPSA) is 266 Å². The highest BCUT2D eigenvalue weighted by Gasteiger charge is 2.92. The number of hydrogen-bond donors (Lipinski definition) is 1. The van der Waals surface area contributed by atoms with Gasteiger partial charge < -0.3 is 47.7 Å². The summed E-state index contributed by atoms with van der Waals surface area (Å²) in [6, 6.07) is 5.61. The molecular formula is C42H48N2O18. The van der Waals surface area contributed by atoms with Gasteiger partial charge in [-0.25, -0.2) is 9.59 Å². The van der Waals surface area contributed by atoms with E-state index in [1.54, 1.807) is 6.92 Å². The molecule has 0 amide bonds. The maximum Gasteiger partial charge on any atom is 0.340 e. The molecule has 0 aromatic carbocycles. The SMILES string of the molecule is CC(=O)OC[C@]12[C@H](OC(C)=O)[C@H](OC(C)=O)[C@@H]3[C@@H](OC(C)=O)[C@@]14O[C@@]3(C)COC(=O)c1cccnc1[C@H](C)[C@H](C)C(=O)O[C@@H]([C@H](OC(C)=O)[C@@H]2OC(=O)c1cccnc1)[C@]4(C)O. The molecule has 4 bridgehead atoms. The number of aliphatic hydroxyl groups is 1. The Morgan fingerprint density at radius 2 is 1.37 bits per heavy atom. The molecule has 2 saturated carbocycles. The number of rotatable bonds is 8. The zero-order valence-corrected chi connectivity index (χ0v) is 35.4. The van der Waals surface area contributed by atoms with Crippen molar-refractivity contribution in [3.8, 4) is 0 Å². The quantitative estimate of drug-likeness (QED) is 0.292. The van der Waals surface area contributed by atoms with E-state index in [1.165, 1.54) is 50.5 Å². The van der Waals surface area contributed by atoms with Gasteiger partial charge in [0.2, 0.25) is 0 Å². The molecule has 2 aliphatic carbocycles. The van der Waals surface area contributed by atoms with Crippen LogP contribution < -0.4 is 0 Å². The van der Waals surface area contributed by atoms with Crippen LogP contribution in [-0.2, 0) is 71.4 Å². The first-order chi connectivity index (χ1) is 29.0. The van der Waals surface area contributed by atoms with E-state index in [-0.39, 0.29) is 16.8 Å². The molecule has 1 N–H and O–H groups in total. The third-order valence-electron chi connectivity index (χ3n) is 12.3. The minimum absolute atomic E-state index is 0.0538. The largest absolute Gasteiger partial charge is 0.465 e. The number of carbonyl (C=O) groups is 8. The van der Waals surface area contributed by atoms with Crippen molar-refractivity contribution >= 4 is 47.8 Å². The molecule has 13 atom stereocenters. The van der Waals surface area contributed by atoms with Crippen molar-refractivity contribution in [2.24, 2.45) is 17.3 Å². The molecule has 2 aliphatic heterocycles. The van der Waals surface area contributed by atoms with Gasteiger partial charge in [-0.3, -0.25) is 38.7 Å². The van der Waals surface area contributed by atoms with E-state index in [2.05, 4.69) is 9.97 Å². The van der Waals surface area contributed by atoms with Gasteiger partial charge in [-0.15, -0.1) is 0 Å². The van der Waals surface area contributed by atoms with Crippen LogP contribution in [0.1, 0.15) is 94.6 Å². The predicted molar refractivity (Wildman–Crippen MR) is 203 cm³/mol. The van der Waals surface area contributed by atoms with E-state index in [0.29, 0.717) is 0 Å². The standard InChI is InChI=1S/C42H48N2O18/c1-19-20(2)36(50)60-33-31(57-23(5)47)35(61-37(51)26-12-10-14-43-16-26)41(18-54-21(3)45)34(59-25(7)49)30(56-22(4)46)28-32(58-24(6)48)42(41,40(33,9)53)62-39(28,8)17-55-38(52)27-13-11-15-44-29(19)27/h10-16,19-20,28,30-35,53H,17-18H2,1-9H3/t19-,20+,28-,30-,31+,32-,33+,34-,35+,39+,40+,41-,42+/m1/s1. The molecule has 62 heavy (non-hydrogen) atoms. The van der Waals surface area contributed by atoms with Gasteiger partial charge in [0.15, 0.2) is 30.0 Å². The van der Waals surface area contributed by atoms with Gasteiger partial charge in [-0.2, -0.15) is 0 Å². The van der Waals surface area contributed by atoms with Crippen LogP contribution in [0.2, 0.25) is 0 Å². The molecule has 1 saturated heterocycles. The minimum atomic E-state index is -2.87. The number of nitrogens with zero attached hydrogens (tertiary/aromatic N) is 2. The number of ether oxygens (including phenoxy) is 9. The molecule has 2 aromatic heterocycles. The summed E-state index contributed by atoms with van der Waals surface area (Å²) < 4.78 is 55.3. The number of hydrogen-bond acceptors (Lipinski definition) is 20. The van der Waals surface area contributed by atoms with Crippen molar-refractivity contribution in [1.82, 2.24) is 9.97 Å². The van der Waals surface area contributed by atoms with Crippen LogP contribution in [0.3, 0.4) is 0 Å². The fraction of sp³-hybridized carbons (Fsp3) is 0.571. The summed E-state index contributed by atoms with van der Waals surface area (Å²) in [4.78, 5) is 118. The van der Waals surface area contributed by atoms with Crippen molar-refractivity contribution in [2.75, 3.05) is 13.2 Å². The van der Waals surface area contributed by atoms with Gasteiger partial charge in [-0.05, 0) is 38.1 Å². The third-order valence-corrected chi connectivity index (χ3v) is 12.3. The molecule has 0 radical (unpaired) electrons. The first-order valence-electron chi connectivity index (χ1n) is 19.7. The van der Waals surface area contributed by atoms with Gasteiger partial charge in [0.05, 0.1) is 28.7 Å². The molecule has 0 unspecified atom stereocenters. The first-order valence-corrected chi connectivity index (χ1v) is 19.7. The van der Waals surface area contributed by atoms with Gasteiger partial charge in [0, 0.05) is 59.1 Å². The molecule has 6 rings (SSSR count). The van der Waals surface area contributed by atoms with Gasteiger partial charge in [0.25, 0.3) is 0 Å². The van der Waals surface area contributed by atoms with Crippen LogP contribution in [0.25, 0.3) is 0 Å². The van der Waals surface area contributed by atoms with E-state index < -0.39 is 138 Å². The second-order valence-electron chi connectivity index (χ2n) is 16.4. The lowest BCUT2D eigenvalue weighted by Gasteiger charge is -2.67. The summed E-state index contributed by atoms with van der Waals surface area (Å²) >= 11 is 0. The highest BCUT2D eigenvalue weighted by Crippen LogP contribution is 2.70. The predicted octanol–water partition coefficient (Wildman–Crippen LogP) is 1.72. The molecule has 1 spiro atoms. The lowest BCUT2D eigenvalue weighted by atomic mass is 9.45. The van der Waals surface area contributed by atoms with Crippen molar-refractivity contribution in [1.29, 1.82) is 0 Å². The minimum Gasteiger partial charge on any atom is -0.465 e. The molecule has 334 valence electrons. The summed E-state index contributed by atoms with van der Waals surface area (Å²) in [7, 11) is 0. The summed E-state index contributed by atoms with van der Waals surface area (Å²) in [5.74, 6) is -12.0. The van der Waals surface area contributed by atoms with Crippen molar-refractivity contribution in [3.05, 3.63) is 59.7 Å². The van der Waals surface area contributed by atoms with E-state index in [9.17, 15) is 43.5 Å². The average molecular weight is 869 g/mol. The number of carbonyl (C=O) groups excluding carboxylic acids is 8. The fourth-order valence-electron chi connectivity index (χ4n) is 9.74. The lowest BCUT2D eigenvalue weighted by molar-refractivity contribution is -0.385. The highest BCUT2D eigenvalue weighted by atomic mass is 16.7. The summed E-state index contributed by atoms with van der Waals surface area (Å²) in [6.07, 6.45) is -8.46. The number of pyridine rings is 2. The first kappa shape index (κ1) is 45.5. The number of aromatic nitrogens is 2. The Hall–Kier alpha value is -6.02. The van der Waals surface area contributed by atoms with Crippen LogP contribution in [0.15, 0.2) is 42.9 Å². The summed E-state index contributed by atoms with van der Waals surface area (Å²) in [5, 5.41) is 13.6. The second kappa shape index (κ2) is 16.7. The van der Waals surface area contributed by atoms with Crippen LogP contribution in [0.5, 0.6) is 0 Å². The normalized spacial score (nSPS) is 36.0. The zero-order chi connectivity index (χ0) is 45.7.